The van der Waals surface area contributed by atoms with E-state index in [0.717, 1.165) is 0 Å². The number of pyridine rings is 1. The lowest BCUT2D eigenvalue weighted by atomic mass is 10.2. The van der Waals surface area contributed by atoms with Crippen molar-refractivity contribution in [3.8, 4) is 0 Å². The second kappa shape index (κ2) is 5.78. The van der Waals surface area contributed by atoms with Crippen LogP contribution in [0.25, 0.3) is 0 Å². The highest BCUT2D eigenvalue weighted by molar-refractivity contribution is 6.17. The number of rotatable bonds is 2. The van der Waals surface area contributed by atoms with Crippen molar-refractivity contribution in [3.63, 3.8) is 0 Å². The third kappa shape index (κ3) is 2.86. The third-order valence-electron chi connectivity index (χ3n) is 1.41. The minimum atomic E-state index is -0.453. The van der Waals surface area contributed by atoms with Gasteiger partial charge in [0.2, 0.25) is 0 Å². The molecule has 0 fully saturated rings. The highest BCUT2D eigenvalue weighted by Crippen LogP contribution is 2.08. The van der Waals surface area contributed by atoms with Crippen LogP contribution in [0, 0.1) is 0 Å². The Kier molecular flexibility index (Phi) is 5.42. The number of nitrogens with zero attached hydrogens (tertiary/aromatic N) is 1. The fourth-order valence-electron chi connectivity index (χ4n) is 0.827. The summed E-state index contributed by atoms with van der Waals surface area (Å²) in [6.07, 6.45) is 1.53. The topological polar surface area (TPSA) is 39.2 Å². The highest BCUT2D eigenvalue weighted by atomic mass is 35.5. The molecular weight excluding hydrogens is 213 g/mol. The zero-order chi connectivity index (χ0) is 8.97. The molecule has 0 aliphatic rings. The van der Waals surface area contributed by atoms with Gasteiger partial charge in [0.05, 0.1) is 7.11 Å². The second-order valence-electron chi connectivity index (χ2n) is 2.14. The summed E-state index contributed by atoms with van der Waals surface area (Å²) in [7, 11) is 1.31. The molecule has 0 saturated heterocycles. The van der Waals surface area contributed by atoms with Gasteiger partial charge in [-0.05, 0) is 6.07 Å². The molecule has 0 atom stereocenters. The molecule has 0 N–H and O–H groups in total. The number of alkyl halides is 1. The molecule has 0 aromatic carbocycles. The maximum Gasteiger partial charge on any atom is 0.356 e. The van der Waals surface area contributed by atoms with Crippen molar-refractivity contribution in [3.05, 3.63) is 29.6 Å². The number of esters is 1. The summed E-state index contributed by atoms with van der Waals surface area (Å²) in [6, 6.07) is 3.47. The van der Waals surface area contributed by atoms with E-state index in [1.165, 1.54) is 13.3 Å². The van der Waals surface area contributed by atoms with Crippen LogP contribution in [0.4, 0.5) is 0 Å². The molecular formula is C8H9Cl2NO2. The minimum Gasteiger partial charge on any atom is -0.464 e. The van der Waals surface area contributed by atoms with E-state index in [1.54, 1.807) is 12.1 Å². The molecule has 13 heavy (non-hydrogen) atoms. The lowest BCUT2D eigenvalue weighted by molar-refractivity contribution is 0.0593. The lowest BCUT2D eigenvalue weighted by Gasteiger charge is -2.01. The van der Waals surface area contributed by atoms with Gasteiger partial charge in [0.15, 0.2) is 5.69 Å². The molecule has 1 heterocycles. The van der Waals surface area contributed by atoms with E-state index in [4.69, 9.17) is 11.6 Å². The van der Waals surface area contributed by atoms with Gasteiger partial charge in [-0.25, -0.2) is 9.78 Å². The first-order valence-corrected chi connectivity index (χ1v) is 3.91. The van der Waals surface area contributed by atoms with Crippen LogP contribution >= 0.6 is 24.0 Å². The van der Waals surface area contributed by atoms with E-state index < -0.39 is 5.97 Å². The number of carbonyl (C=O) groups is 1. The SMILES string of the molecule is COC(=O)c1ncccc1CCl.Cl. The number of aromatic nitrogens is 1. The highest BCUT2D eigenvalue weighted by Gasteiger charge is 2.10. The standard InChI is InChI=1S/C8H8ClNO2.ClH/c1-12-8(11)7-6(5-9)3-2-4-10-7;/h2-4H,5H2,1H3;1H. The summed E-state index contributed by atoms with van der Waals surface area (Å²) in [5.41, 5.74) is 0.973. The second-order valence-corrected chi connectivity index (χ2v) is 2.40. The van der Waals surface area contributed by atoms with E-state index >= 15 is 0 Å². The molecule has 0 amide bonds. The van der Waals surface area contributed by atoms with Gasteiger partial charge in [0.1, 0.15) is 0 Å². The molecule has 1 aromatic heterocycles. The molecule has 0 saturated carbocycles. The Labute approximate surface area is 87.5 Å². The molecule has 3 nitrogen and oxygen atoms in total. The first-order chi connectivity index (χ1) is 5.79. The molecule has 0 spiro atoms. The number of hydrogen-bond donors (Lipinski definition) is 0. The van der Waals surface area contributed by atoms with Crippen LogP contribution in [0.5, 0.6) is 0 Å². The number of methoxy groups -OCH3 is 1. The first-order valence-electron chi connectivity index (χ1n) is 3.37. The van der Waals surface area contributed by atoms with Crippen LogP contribution in [-0.2, 0) is 10.6 Å². The summed E-state index contributed by atoms with van der Waals surface area (Å²) >= 11 is 5.59. The van der Waals surface area contributed by atoms with Gasteiger partial charge in [0.25, 0.3) is 0 Å². The van der Waals surface area contributed by atoms with Gasteiger partial charge in [-0.1, -0.05) is 6.07 Å². The smallest absolute Gasteiger partial charge is 0.356 e. The first kappa shape index (κ1) is 12.2. The number of halogens is 2. The van der Waals surface area contributed by atoms with Crippen LogP contribution in [0.2, 0.25) is 0 Å². The van der Waals surface area contributed by atoms with E-state index in [-0.39, 0.29) is 24.0 Å². The van der Waals surface area contributed by atoms with E-state index in [2.05, 4.69) is 9.72 Å². The molecule has 1 aromatic rings. The summed E-state index contributed by atoms with van der Waals surface area (Å²) in [5, 5.41) is 0. The fraction of sp³-hybridized carbons (Fsp3) is 0.250. The predicted octanol–water partition coefficient (Wildman–Crippen LogP) is 2.03. The van der Waals surface area contributed by atoms with Gasteiger partial charge in [-0.2, -0.15) is 0 Å². The van der Waals surface area contributed by atoms with Crippen LogP contribution in [0.3, 0.4) is 0 Å². The molecule has 72 valence electrons. The lowest BCUT2D eigenvalue weighted by Crippen LogP contribution is -2.07. The van der Waals surface area contributed by atoms with Gasteiger partial charge >= 0.3 is 5.97 Å². The summed E-state index contributed by atoms with van der Waals surface area (Å²) in [5.74, 6) is -0.190. The molecule has 5 heteroatoms. The fourth-order valence-corrected chi connectivity index (χ4v) is 1.04. The minimum absolute atomic E-state index is 0. The maximum atomic E-state index is 11.0. The Bertz CT molecular complexity index is 291. The molecule has 1 rings (SSSR count). The molecule has 0 aliphatic heterocycles. The zero-order valence-corrected chi connectivity index (χ0v) is 8.56. The van der Waals surface area contributed by atoms with Gasteiger partial charge < -0.3 is 4.74 Å². The average molecular weight is 222 g/mol. The van der Waals surface area contributed by atoms with Crippen molar-refractivity contribution in [2.75, 3.05) is 7.11 Å². The number of ether oxygens (including phenoxy) is 1. The van der Waals surface area contributed by atoms with Crippen molar-refractivity contribution in [2.24, 2.45) is 0 Å². The molecule has 0 radical (unpaired) electrons. The van der Waals surface area contributed by atoms with E-state index in [1.807, 2.05) is 0 Å². The number of carbonyl (C=O) groups excluding carboxylic acids is 1. The summed E-state index contributed by atoms with van der Waals surface area (Å²) in [4.78, 5) is 14.9. The van der Waals surface area contributed by atoms with E-state index in [0.29, 0.717) is 5.56 Å². The average Bonchev–Trinajstić information content (AvgIpc) is 2.16. The normalized spacial score (nSPS) is 8.77. The van der Waals surface area contributed by atoms with Gasteiger partial charge in [0, 0.05) is 17.6 Å². The van der Waals surface area contributed by atoms with Crippen molar-refractivity contribution in [2.45, 2.75) is 5.88 Å². The molecule has 0 bridgehead atoms. The predicted molar refractivity (Wildman–Crippen MR) is 52.4 cm³/mol. The maximum absolute atomic E-state index is 11.0. The zero-order valence-electron chi connectivity index (χ0n) is 6.99. The summed E-state index contributed by atoms with van der Waals surface area (Å²) in [6.45, 7) is 0. The van der Waals surface area contributed by atoms with Gasteiger partial charge in [-0.15, -0.1) is 24.0 Å². The van der Waals surface area contributed by atoms with E-state index in [9.17, 15) is 4.79 Å². The Balaban J connectivity index is 0.00000144. The van der Waals surface area contributed by atoms with Crippen molar-refractivity contribution in [1.29, 1.82) is 0 Å². The molecule has 0 unspecified atom stereocenters. The van der Waals surface area contributed by atoms with Crippen molar-refractivity contribution < 1.29 is 9.53 Å². The Hall–Kier alpha value is -0.800. The van der Waals surface area contributed by atoms with Crippen molar-refractivity contribution in [1.82, 2.24) is 4.98 Å². The van der Waals surface area contributed by atoms with Crippen LogP contribution in [0.1, 0.15) is 16.1 Å². The quantitative estimate of drug-likeness (QED) is 0.567. The van der Waals surface area contributed by atoms with Crippen LogP contribution < -0.4 is 0 Å². The third-order valence-corrected chi connectivity index (χ3v) is 1.70. The largest absolute Gasteiger partial charge is 0.464 e. The molecule has 0 aliphatic carbocycles. The number of hydrogen-bond acceptors (Lipinski definition) is 3. The van der Waals surface area contributed by atoms with Crippen LogP contribution in [-0.4, -0.2) is 18.1 Å². The Morgan fingerprint density at radius 3 is 2.92 bits per heavy atom. The summed E-state index contributed by atoms with van der Waals surface area (Å²) < 4.78 is 4.52. The monoisotopic (exact) mass is 221 g/mol. The van der Waals surface area contributed by atoms with Crippen LogP contribution in [0.15, 0.2) is 18.3 Å². The Morgan fingerprint density at radius 1 is 1.69 bits per heavy atom. The van der Waals surface area contributed by atoms with Gasteiger partial charge in [-0.3, -0.25) is 0 Å². The Morgan fingerprint density at radius 2 is 2.38 bits per heavy atom. The van der Waals surface area contributed by atoms with Crippen molar-refractivity contribution >= 4 is 30.0 Å².